The maximum Gasteiger partial charge on any atom is 0.119 e. The first-order valence-corrected chi connectivity index (χ1v) is 7.51. The summed E-state index contributed by atoms with van der Waals surface area (Å²) in [5.41, 5.74) is 9.79. The molecule has 2 aromatic rings. The fourth-order valence-corrected chi connectivity index (χ4v) is 2.40. The lowest BCUT2D eigenvalue weighted by Gasteiger charge is -2.28. The van der Waals surface area contributed by atoms with E-state index < -0.39 is 0 Å². The highest BCUT2D eigenvalue weighted by Crippen LogP contribution is 2.27. The van der Waals surface area contributed by atoms with Crippen LogP contribution >= 0.6 is 0 Å². The summed E-state index contributed by atoms with van der Waals surface area (Å²) in [6.45, 7) is 7.71. The number of hydrogen-bond donors (Lipinski definition) is 1. The van der Waals surface area contributed by atoms with Crippen molar-refractivity contribution in [1.82, 2.24) is 0 Å². The molecule has 0 amide bonds. The minimum atomic E-state index is -0.0407. The summed E-state index contributed by atoms with van der Waals surface area (Å²) in [6.07, 6.45) is 0.903. The standard InChI is InChI=1S/C19H25NO/c1-15-9-10-18(13-16(15)2)21-12-11-19(3,14-20)17-7-5-4-6-8-17/h4-10,13H,11-12,14,20H2,1-3H3. The predicted molar refractivity (Wildman–Crippen MR) is 88.9 cm³/mol. The Balaban J connectivity index is 1.99. The summed E-state index contributed by atoms with van der Waals surface area (Å²) in [5, 5.41) is 0. The van der Waals surface area contributed by atoms with Gasteiger partial charge in [-0.25, -0.2) is 0 Å². The second kappa shape index (κ2) is 6.77. The van der Waals surface area contributed by atoms with E-state index in [0.29, 0.717) is 13.2 Å². The number of ether oxygens (including phenoxy) is 1. The van der Waals surface area contributed by atoms with Crippen LogP contribution in [0.15, 0.2) is 48.5 Å². The van der Waals surface area contributed by atoms with Gasteiger partial charge in [-0.3, -0.25) is 0 Å². The lowest BCUT2D eigenvalue weighted by molar-refractivity contribution is 0.266. The van der Waals surface area contributed by atoms with E-state index in [4.69, 9.17) is 10.5 Å². The van der Waals surface area contributed by atoms with Crippen molar-refractivity contribution in [3.05, 3.63) is 65.2 Å². The van der Waals surface area contributed by atoms with Crippen molar-refractivity contribution in [2.45, 2.75) is 32.6 Å². The number of benzene rings is 2. The van der Waals surface area contributed by atoms with Gasteiger partial charge in [-0.15, -0.1) is 0 Å². The zero-order valence-corrected chi connectivity index (χ0v) is 13.2. The molecule has 0 saturated heterocycles. The van der Waals surface area contributed by atoms with Gasteiger partial charge in [0.05, 0.1) is 6.61 Å². The van der Waals surface area contributed by atoms with Crippen molar-refractivity contribution < 1.29 is 4.74 Å². The van der Waals surface area contributed by atoms with Crippen LogP contribution < -0.4 is 10.5 Å². The Morgan fingerprint density at radius 2 is 1.71 bits per heavy atom. The van der Waals surface area contributed by atoms with E-state index >= 15 is 0 Å². The van der Waals surface area contributed by atoms with Crippen LogP contribution in [0.5, 0.6) is 5.75 Å². The number of nitrogens with two attached hydrogens (primary N) is 1. The molecular weight excluding hydrogens is 258 g/mol. The fraction of sp³-hybridized carbons (Fsp3) is 0.368. The summed E-state index contributed by atoms with van der Waals surface area (Å²) >= 11 is 0. The molecule has 0 fully saturated rings. The lowest BCUT2D eigenvalue weighted by Crippen LogP contribution is -2.33. The Hall–Kier alpha value is -1.80. The third-order valence-electron chi connectivity index (χ3n) is 4.32. The largest absolute Gasteiger partial charge is 0.494 e. The number of hydrogen-bond acceptors (Lipinski definition) is 2. The smallest absolute Gasteiger partial charge is 0.119 e. The zero-order valence-electron chi connectivity index (χ0n) is 13.2. The summed E-state index contributed by atoms with van der Waals surface area (Å²) in [4.78, 5) is 0. The van der Waals surface area contributed by atoms with Crippen molar-refractivity contribution in [3.63, 3.8) is 0 Å². The van der Waals surface area contributed by atoms with Crippen LogP contribution in [0.4, 0.5) is 0 Å². The highest BCUT2D eigenvalue weighted by atomic mass is 16.5. The van der Waals surface area contributed by atoms with Gasteiger partial charge in [0.15, 0.2) is 0 Å². The van der Waals surface area contributed by atoms with Gasteiger partial charge in [-0.05, 0) is 49.1 Å². The Labute approximate surface area is 127 Å². The Kier molecular flexibility index (Phi) is 5.03. The molecule has 0 aliphatic carbocycles. The molecule has 1 atom stereocenters. The first kappa shape index (κ1) is 15.6. The zero-order chi connectivity index (χ0) is 15.3. The van der Waals surface area contributed by atoms with Crippen LogP contribution in [-0.4, -0.2) is 13.2 Å². The van der Waals surface area contributed by atoms with Gasteiger partial charge < -0.3 is 10.5 Å². The Morgan fingerprint density at radius 3 is 2.33 bits per heavy atom. The molecule has 2 aromatic carbocycles. The van der Waals surface area contributed by atoms with Gasteiger partial charge >= 0.3 is 0 Å². The number of rotatable bonds is 6. The average molecular weight is 283 g/mol. The molecule has 0 heterocycles. The molecule has 0 spiro atoms. The lowest BCUT2D eigenvalue weighted by atomic mass is 9.80. The van der Waals surface area contributed by atoms with Gasteiger partial charge in [0.2, 0.25) is 0 Å². The Bertz CT molecular complexity index is 579. The molecule has 21 heavy (non-hydrogen) atoms. The molecule has 0 aliphatic rings. The molecule has 2 heteroatoms. The highest BCUT2D eigenvalue weighted by Gasteiger charge is 2.24. The average Bonchev–Trinajstić information content (AvgIpc) is 2.51. The van der Waals surface area contributed by atoms with Crippen LogP contribution in [0.2, 0.25) is 0 Å². The van der Waals surface area contributed by atoms with E-state index in [1.807, 2.05) is 12.1 Å². The van der Waals surface area contributed by atoms with Gasteiger partial charge in [0, 0.05) is 12.0 Å². The van der Waals surface area contributed by atoms with E-state index in [2.05, 4.69) is 57.2 Å². The molecule has 112 valence electrons. The maximum absolute atomic E-state index is 6.01. The quantitative estimate of drug-likeness (QED) is 0.870. The first-order chi connectivity index (χ1) is 10.0. The molecule has 0 aliphatic heterocycles. The van der Waals surface area contributed by atoms with Crippen LogP contribution in [0.3, 0.4) is 0 Å². The second-order valence-electron chi connectivity index (χ2n) is 5.98. The molecule has 0 radical (unpaired) electrons. The van der Waals surface area contributed by atoms with Crippen LogP contribution in [0, 0.1) is 13.8 Å². The van der Waals surface area contributed by atoms with E-state index in [9.17, 15) is 0 Å². The monoisotopic (exact) mass is 283 g/mol. The van der Waals surface area contributed by atoms with Crippen molar-refractivity contribution in [1.29, 1.82) is 0 Å². The topological polar surface area (TPSA) is 35.2 Å². The molecular formula is C19H25NO. The van der Waals surface area contributed by atoms with Gasteiger partial charge in [-0.2, -0.15) is 0 Å². The third-order valence-corrected chi connectivity index (χ3v) is 4.32. The molecule has 2 N–H and O–H groups in total. The Morgan fingerprint density at radius 1 is 1.00 bits per heavy atom. The van der Waals surface area contributed by atoms with Crippen molar-refractivity contribution >= 4 is 0 Å². The number of aryl methyl sites for hydroxylation is 2. The first-order valence-electron chi connectivity index (χ1n) is 7.51. The minimum Gasteiger partial charge on any atom is -0.494 e. The van der Waals surface area contributed by atoms with E-state index in [1.165, 1.54) is 16.7 Å². The minimum absolute atomic E-state index is 0.0407. The van der Waals surface area contributed by atoms with E-state index in [0.717, 1.165) is 12.2 Å². The SMILES string of the molecule is Cc1ccc(OCCC(C)(CN)c2ccccc2)cc1C. The summed E-state index contributed by atoms with van der Waals surface area (Å²) < 4.78 is 5.91. The molecule has 0 bridgehead atoms. The van der Waals surface area contributed by atoms with E-state index in [1.54, 1.807) is 0 Å². The fourth-order valence-electron chi connectivity index (χ4n) is 2.40. The van der Waals surface area contributed by atoms with Gasteiger partial charge in [0.1, 0.15) is 5.75 Å². The summed E-state index contributed by atoms with van der Waals surface area (Å²) in [6, 6.07) is 16.7. The normalized spacial score (nSPS) is 13.7. The van der Waals surface area contributed by atoms with Crippen LogP contribution in [0.25, 0.3) is 0 Å². The molecule has 2 nitrogen and oxygen atoms in total. The van der Waals surface area contributed by atoms with E-state index in [-0.39, 0.29) is 5.41 Å². The third kappa shape index (κ3) is 3.85. The molecule has 0 aromatic heterocycles. The summed E-state index contributed by atoms with van der Waals surface area (Å²) in [5.74, 6) is 0.936. The van der Waals surface area contributed by atoms with Crippen molar-refractivity contribution in [2.75, 3.05) is 13.2 Å². The second-order valence-corrected chi connectivity index (χ2v) is 5.98. The summed E-state index contributed by atoms with van der Waals surface area (Å²) in [7, 11) is 0. The predicted octanol–water partition coefficient (Wildman–Crippen LogP) is 3.99. The van der Waals surface area contributed by atoms with Crippen molar-refractivity contribution in [2.24, 2.45) is 5.73 Å². The van der Waals surface area contributed by atoms with Crippen LogP contribution in [-0.2, 0) is 5.41 Å². The molecule has 1 unspecified atom stereocenters. The maximum atomic E-state index is 6.01. The van der Waals surface area contributed by atoms with Crippen LogP contribution in [0.1, 0.15) is 30.0 Å². The van der Waals surface area contributed by atoms with Gasteiger partial charge in [0.25, 0.3) is 0 Å². The highest BCUT2D eigenvalue weighted by molar-refractivity contribution is 5.33. The van der Waals surface area contributed by atoms with Gasteiger partial charge in [-0.1, -0.05) is 43.3 Å². The molecule has 2 rings (SSSR count). The van der Waals surface area contributed by atoms with Crippen molar-refractivity contribution in [3.8, 4) is 5.75 Å². The molecule has 0 saturated carbocycles.